The number of nitrogens with zero attached hydrogens (tertiary/aromatic N) is 3. The van der Waals surface area contributed by atoms with Crippen molar-refractivity contribution in [2.75, 3.05) is 20.1 Å². The zero-order chi connectivity index (χ0) is 11.8. The van der Waals surface area contributed by atoms with E-state index in [4.69, 9.17) is 0 Å². The van der Waals surface area contributed by atoms with Crippen molar-refractivity contribution in [1.29, 1.82) is 0 Å². The van der Waals surface area contributed by atoms with Crippen LogP contribution >= 0.6 is 0 Å². The van der Waals surface area contributed by atoms with Crippen molar-refractivity contribution in [2.45, 2.75) is 19.8 Å². The number of rotatable bonds is 2. The Bertz CT molecular complexity index is 529. The van der Waals surface area contributed by atoms with E-state index in [1.165, 1.54) is 36.4 Å². The van der Waals surface area contributed by atoms with Gasteiger partial charge in [0.25, 0.3) is 0 Å². The second-order valence-corrected chi connectivity index (χ2v) is 5.24. The molecule has 90 valence electrons. The van der Waals surface area contributed by atoms with Gasteiger partial charge in [-0.25, -0.2) is 4.98 Å². The Labute approximate surface area is 102 Å². The van der Waals surface area contributed by atoms with Gasteiger partial charge in [0.1, 0.15) is 5.82 Å². The van der Waals surface area contributed by atoms with E-state index < -0.39 is 0 Å². The predicted molar refractivity (Wildman–Crippen MR) is 69.2 cm³/mol. The van der Waals surface area contributed by atoms with Gasteiger partial charge in [0, 0.05) is 19.2 Å². The van der Waals surface area contributed by atoms with Gasteiger partial charge in [0.05, 0.1) is 11.7 Å². The van der Waals surface area contributed by atoms with E-state index in [-0.39, 0.29) is 0 Å². The highest BCUT2D eigenvalue weighted by atomic mass is 15.1. The van der Waals surface area contributed by atoms with Crippen LogP contribution in [0.3, 0.4) is 0 Å². The number of fused-ring (bicyclic) bond motifs is 1. The third kappa shape index (κ3) is 1.95. The van der Waals surface area contributed by atoms with Crippen LogP contribution in [-0.2, 0) is 6.42 Å². The molecule has 0 radical (unpaired) electrons. The van der Waals surface area contributed by atoms with Crippen LogP contribution in [0.1, 0.15) is 17.8 Å². The van der Waals surface area contributed by atoms with Crippen LogP contribution in [0.25, 0.3) is 5.52 Å². The lowest BCUT2D eigenvalue weighted by molar-refractivity contribution is 0.392. The summed E-state index contributed by atoms with van der Waals surface area (Å²) in [7, 11) is 2.20. The van der Waals surface area contributed by atoms with Crippen molar-refractivity contribution in [2.24, 2.45) is 5.92 Å². The fraction of sp³-hybridized carbons (Fsp3) is 0.500. The third-order valence-electron chi connectivity index (χ3n) is 3.82. The van der Waals surface area contributed by atoms with Gasteiger partial charge in [-0.15, -0.1) is 0 Å². The normalized spacial score (nSPS) is 21.4. The Balaban J connectivity index is 1.88. The Morgan fingerprint density at radius 2 is 2.35 bits per heavy atom. The molecule has 3 heteroatoms. The summed E-state index contributed by atoms with van der Waals surface area (Å²) in [6.45, 7) is 4.58. The van der Waals surface area contributed by atoms with E-state index >= 15 is 0 Å². The van der Waals surface area contributed by atoms with Crippen LogP contribution in [0.15, 0.2) is 24.5 Å². The van der Waals surface area contributed by atoms with Gasteiger partial charge in [0.2, 0.25) is 0 Å². The zero-order valence-corrected chi connectivity index (χ0v) is 10.6. The molecule has 0 bridgehead atoms. The SMILES string of the molecule is Cc1cccn2c(CC3CCN(C)C3)ncc12. The summed E-state index contributed by atoms with van der Waals surface area (Å²) in [5.41, 5.74) is 2.55. The van der Waals surface area contributed by atoms with Gasteiger partial charge in [-0.2, -0.15) is 0 Å². The first kappa shape index (κ1) is 10.8. The molecule has 3 nitrogen and oxygen atoms in total. The maximum Gasteiger partial charge on any atom is 0.113 e. The summed E-state index contributed by atoms with van der Waals surface area (Å²) in [5, 5.41) is 0. The smallest absolute Gasteiger partial charge is 0.113 e. The van der Waals surface area contributed by atoms with Gasteiger partial charge < -0.3 is 9.30 Å². The molecule has 1 saturated heterocycles. The molecule has 0 aliphatic carbocycles. The van der Waals surface area contributed by atoms with Gasteiger partial charge in [0.15, 0.2) is 0 Å². The molecule has 0 saturated carbocycles. The minimum Gasteiger partial charge on any atom is -0.306 e. The van der Waals surface area contributed by atoms with Crippen LogP contribution < -0.4 is 0 Å². The summed E-state index contributed by atoms with van der Waals surface area (Å²) in [6, 6.07) is 4.25. The monoisotopic (exact) mass is 229 g/mol. The number of hydrogen-bond acceptors (Lipinski definition) is 2. The van der Waals surface area contributed by atoms with Crippen molar-refractivity contribution >= 4 is 5.52 Å². The van der Waals surface area contributed by atoms with Crippen molar-refractivity contribution < 1.29 is 0 Å². The number of pyridine rings is 1. The molecule has 3 rings (SSSR count). The van der Waals surface area contributed by atoms with Crippen LogP contribution in [0.4, 0.5) is 0 Å². The number of imidazole rings is 1. The molecular weight excluding hydrogens is 210 g/mol. The molecule has 1 atom stereocenters. The van der Waals surface area contributed by atoms with E-state index in [0.29, 0.717) is 0 Å². The average molecular weight is 229 g/mol. The lowest BCUT2D eigenvalue weighted by Crippen LogP contribution is -2.15. The highest BCUT2D eigenvalue weighted by Gasteiger charge is 2.21. The molecule has 0 N–H and O–H groups in total. The fourth-order valence-corrected chi connectivity index (χ4v) is 2.82. The summed E-state index contributed by atoms with van der Waals surface area (Å²) < 4.78 is 2.24. The van der Waals surface area contributed by atoms with Crippen LogP contribution in [0.5, 0.6) is 0 Å². The molecule has 0 aromatic carbocycles. The lowest BCUT2D eigenvalue weighted by atomic mass is 10.0. The number of aromatic nitrogens is 2. The molecule has 1 aliphatic rings. The van der Waals surface area contributed by atoms with E-state index in [9.17, 15) is 0 Å². The van der Waals surface area contributed by atoms with E-state index in [1.807, 2.05) is 6.20 Å². The molecule has 2 aromatic heterocycles. The van der Waals surface area contributed by atoms with Crippen molar-refractivity contribution in [3.05, 3.63) is 35.9 Å². The summed E-state index contributed by atoms with van der Waals surface area (Å²) in [5.74, 6) is 1.98. The largest absolute Gasteiger partial charge is 0.306 e. The van der Waals surface area contributed by atoms with Gasteiger partial charge in [-0.05, 0) is 44.5 Å². The van der Waals surface area contributed by atoms with Crippen LogP contribution in [0, 0.1) is 12.8 Å². The maximum atomic E-state index is 4.59. The standard InChI is InChI=1S/C14H19N3/c1-11-4-3-6-17-13(11)9-15-14(17)8-12-5-7-16(2)10-12/h3-4,6,9,12H,5,7-8,10H2,1-2H3. The molecule has 17 heavy (non-hydrogen) atoms. The average Bonchev–Trinajstić information content (AvgIpc) is 2.88. The maximum absolute atomic E-state index is 4.59. The van der Waals surface area contributed by atoms with Crippen LogP contribution in [-0.4, -0.2) is 34.4 Å². The fourth-order valence-electron chi connectivity index (χ4n) is 2.82. The number of aryl methyl sites for hydroxylation is 1. The summed E-state index contributed by atoms with van der Waals surface area (Å²) in [6.07, 6.45) is 6.53. The first-order valence-electron chi connectivity index (χ1n) is 6.34. The predicted octanol–water partition coefficient (Wildman–Crippen LogP) is 2.14. The first-order valence-corrected chi connectivity index (χ1v) is 6.34. The van der Waals surface area contributed by atoms with Crippen LogP contribution in [0.2, 0.25) is 0 Å². The Morgan fingerprint density at radius 3 is 3.12 bits per heavy atom. The summed E-state index contributed by atoms with van der Waals surface area (Å²) in [4.78, 5) is 7.00. The Morgan fingerprint density at radius 1 is 1.47 bits per heavy atom. The molecule has 3 heterocycles. The summed E-state index contributed by atoms with van der Waals surface area (Å²) >= 11 is 0. The minimum atomic E-state index is 0.770. The van der Waals surface area contributed by atoms with Crippen molar-refractivity contribution in [3.63, 3.8) is 0 Å². The Kier molecular flexibility index (Phi) is 2.63. The lowest BCUT2D eigenvalue weighted by Gasteiger charge is -2.09. The highest BCUT2D eigenvalue weighted by molar-refractivity contribution is 5.53. The molecule has 0 spiro atoms. The minimum absolute atomic E-state index is 0.770. The molecule has 0 amide bonds. The molecular formula is C14H19N3. The van der Waals surface area contributed by atoms with Gasteiger partial charge >= 0.3 is 0 Å². The Hall–Kier alpha value is -1.35. The third-order valence-corrected chi connectivity index (χ3v) is 3.82. The van der Waals surface area contributed by atoms with Crippen molar-refractivity contribution in [3.8, 4) is 0 Å². The molecule has 2 aromatic rings. The first-order chi connectivity index (χ1) is 8.24. The highest BCUT2D eigenvalue weighted by Crippen LogP contribution is 2.20. The van der Waals surface area contributed by atoms with Crippen molar-refractivity contribution in [1.82, 2.24) is 14.3 Å². The zero-order valence-electron chi connectivity index (χ0n) is 10.6. The van der Waals surface area contributed by atoms with Gasteiger partial charge in [-0.1, -0.05) is 6.07 Å². The second kappa shape index (κ2) is 4.15. The van der Waals surface area contributed by atoms with E-state index in [1.54, 1.807) is 0 Å². The molecule has 1 aliphatic heterocycles. The topological polar surface area (TPSA) is 20.5 Å². The van der Waals surface area contributed by atoms with Gasteiger partial charge in [-0.3, -0.25) is 0 Å². The molecule has 1 unspecified atom stereocenters. The second-order valence-electron chi connectivity index (χ2n) is 5.24. The molecule has 1 fully saturated rings. The van der Waals surface area contributed by atoms with E-state index in [0.717, 1.165) is 12.3 Å². The number of likely N-dealkylation sites (tertiary alicyclic amines) is 1. The quantitative estimate of drug-likeness (QED) is 0.786. The number of hydrogen-bond donors (Lipinski definition) is 0. The van der Waals surface area contributed by atoms with E-state index in [2.05, 4.69) is 46.6 Å².